The van der Waals surface area contributed by atoms with Crippen LogP contribution in [0.15, 0.2) is 40.9 Å². The van der Waals surface area contributed by atoms with E-state index < -0.39 is 0 Å². The summed E-state index contributed by atoms with van der Waals surface area (Å²) in [4.78, 5) is 4.55. The number of rotatable bonds is 4. The fourth-order valence-corrected chi connectivity index (χ4v) is 2.29. The molecule has 0 spiro atoms. The molecule has 0 amide bonds. The maximum atomic E-state index is 6.15. The first-order valence-corrected chi connectivity index (χ1v) is 6.84. The highest BCUT2D eigenvalue weighted by Gasteiger charge is 2.25. The number of aliphatic imine (C=N–C) groups is 1. The van der Waals surface area contributed by atoms with Gasteiger partial charge in [-0.15, -0.1) is 0 Å². The lowest BCUT2D eigenvalue weighted by atomic mass is 9.77. The Bertz CT molecular complexity index is 375. The molecule has 0 fully saturated rings. The molecular formula is C16H26N2. The smallest absolute Gasteiger partial charge is 0.101 e. The summed E-state index contributed by atoms with van der Waals surface area (Å²) in [7, 11) is 0. The van der Waals surface area contributed by atoms with Gasteiger partial charge >= 0.3 is 0 Å². The Labute approximate surface area is 111 Å². The Balaban J connectivity index is 2.71. The lowest BCUT2D eigenvalue weighted by Crippen LogP contribution is -2.32. The van der Waals surface area contributed by atoms with Gasteiger partial charge < -0.3 is 5.73 Å². The molecule has 1 rings (SSSR count). The molecular weight excluding hydrogens is 220 g/mol. The second-order valence-corrected chi connectivity index (χ2v) is 5.13. The van der Waals surface area contributed by atoms with E-state index in [1.165, 1.54) is 5.57 Å². The Morgan fingerprint density at radius 3 is 2.72 bits per heavy atom. The molecule has 0 aromatic heterocycles. The summed E-state index contributed by atoms with van der Waals surface area (Å²) in [6.45, 7) is 9.28. The Morgan fingerprint density at radius 2 is 2.11 bits per heavy atom. The van der Waals surface area contributed by atoms with E-state index in [0.717, 1.165) is 12.3 Å². The van der Waals surface area contributed by atoms with Crippen molar-refractivity contribution in [3.63, 3.8) is 0 Å². The van der Waals surface area contributed by atoms with Crippen molar-refractivity contribution < 1.29 is 0 Å². The normalized spacial score (nSPS) is 30.1. The second-order valence-electron chi connectivity index (χ2n) is 5.13. The first kappa shape index (κ1) is 14.7. The van der Waals surface area contributed by atoms with Crippen LogP contribution < -0.4 is 5.73 Å². The summed E-state index contributed by atoms with van der Waals surface area (Å²) in [5.74, 6) is 2.34. The third kappa shape index (κ3) is 3.86. The van der Waals surface area contributed by atoms with Crippen LogP contribution in [0.2, 0.25) is 0 Å². The van der Waals surface area contributed by atoms with Gasteiger partial charge in [0.25, 0.3) is 0 Å². The predicted octanol–water partition coefficient (Wildman–Crippen LogP) is 3.71. The molecule has 0 aliphatic heterocycles. The maximum Gasteiger partial charge on any atom is 0.101 e. The average Bonchev–Trinajstić information content (AvgIpc) is 2.37. The molecule has 1 aliphatic carbocycles. The van der Waals surface area contributed by atoms with Gasteiger partial charge in [0.2, 0.25) is 0 Å². The lowest BCUT2D eigenvalue weighted by molar-refractivity contribution is 0.338. The van der Waals surface area contributed by atoms with E-state index >= 15 is 0 Å². The zero-order valence-corrected chi connectivity index (χ0v) is 12.1. The van der Waals surface area contributed by atoms with Crippen LogP contribution in [0.4, 0.5) is 0 Å². The van der Waals surface area contributed by atoms with Crippen molar-refractivity contribution in [3.8, 4) is 0 Å². The first-order chi connectivity index (χ1) is 8.60. The largest absolute Gasteiger partial charge is 0.387 e. The third-order valence-corrected chi connectivity index (χ3v) is 3.85. The highest BCUT2D eigenvalue weighted by atomic mass is 14.9. The monoisotopic (exact) mass is 246 g/mol. The van der Waals surface area contributed by atoms with E-state index in [0.29, 0.717) is 24.3 Å². The van der Waals surface area contributed by atoms with Gasteiger partial charge in [-0.3, -0.25) is 4.99 Å². The topological polar surface area (TPSA) is 38.4 Å². The van der Waals surface area contributed by atoms with E-state index in [-0.39, 0.29) is 0 Å². The maximum absolute atomic E-state index is 6.15. The van der Waals surface area contributed by atoms with Crippen LogP contribution in [0.25, 0.3) is 0 Å². The summed E-state index contributed by atoms with van der Waals surface area (Å²) >= 11 is 0. The van der Waals surface area contributed by atoms with Gasteiger partial charge in [0, 0.05) is 5.92 Å². The number of amidine groups is 1. The van der Waals surface area contributed by atoms with Crippen LogP contribution in [0.1, 0.15) is 34.1 Å². The quantitative estimate of drug-likeness (QED) is 0.349. The highest BCUT2D eigenvalue weighted by molar-refractivity contribution is 5.85. The fraction of sp³-hybridized carbons (Fsp3) is 0.562. The molecule has 0 saturated carbocycles. The van der Waals surface area contributed by atoms with Crippen molar-refractivity contribution in [3.05, 3.63) is 36.0 Å². The van der Waals surface area contributed by atoms with Gasteiger partial charge in [0.15, 0.2) is 0 Å². The van der Waals surface area contributed by atoms with Crippen LogP contribution in [-0.2, 0) is 0 Å². The Morgan fingerprint density at radius 1 is 1.39 bits per heavy atom. The molecule has 100 valence electrons. The molecule has 3 atom stereocenters. The average molecular weight is 246 g/mol. The van der Waals surface area contributed by atoms with Crippen LogP contribution >= 0.6 is 0 Å². The van der Waals surface area contributed by atoms with Crippen molar-refractivity contribution >= 4 is 5.84 Å². The second kappa shape index (κ2) is 7.20. The molecule has 0 heterocycles. The van der Waals surface area contributed by atoms with Crippen LogP contribution in [0.3, 0.4) is 0 Å². The molecule has 0 radical (unpaired) electrons. The molecule has 1 aliphatic rings. The SMILES string of the molecule is C/C=C\C(=C/C)CN=C(N)C1C=CCC(C)C1C. The van der Waals surface area contributed by atoms with Crippen LogP contribution in [-0.4, -0.2) is 12.4 Å². The minimum absolute atomic E-state index is 0.303. The number of nitrogens with zero attached hydrogens (tertiary/aromatic N) is 1. The number of nitrogens with two attached hydrogens (primary N) is 1. The molecule has 2 N–H and O–H groups in total. The van der Waals surface area contributed by atoms with Crippen molar-refractivity contribution in [2.24, 2.45) is 28.5 Å². The van der Waals surface area contributed by atoms with Crippen molar-refractivity contribution in [2.45, 2.75) is 34.1 Å². The van der Waals surface area contributed by atoms with E-state index in [1.807, 2.05) is 19.9 Å². The summed E-state index contributed by atoms with van der Waals surface area (Å²) in [6, 6.07) is 0. The van der Waals surface area contributed by atoms with Gasteiger partial charge in [-0.2, -0.15) is 0 Å². The minimum atomic E-state index is 0.303. The number of hydrogen-bond acceptors (Lipinski definition) is 1. The van der Waals surface area contributed by atoms with E-state index in [1.54, 1.807) is 0 Å². The predicted molar refractivity (Wildman–Crippen MR) is 80.6 cm³/mol. The van der Waals surface area contributed by atoms with Gasteiger partial charge in [-0.05, 0) is 37.7 Å². The van der Waals surface area contributed by atoms with Gasteiger partial charge in [-0.1, -0.05) is 44.2 Å². The zero-order valence-electron chi connectivity index (χ0n) is 12.1. The Hall–Kier alpha value is -1.31. The molecule has 2 nitrogen and oxygen atoms in total. The summed E-state index contributed by atoms with van der Waals surface area (Å²) < 4.78 is 0. The molecule has 0 aromatic carbocycles. The minimum Gasteiger partial charge on any atom is -0.387 e. The molecule has 0 aromatic rings. The van der Waals surface area contributed by atoms with Crippen molar-refractivity contribution in [1.82, 2.24) is 0 Å². The standard InChI is InChI=1S/C16H26N2/c1-5-8-14(6-2)11-18-16(17)15-10-7-9-12(3)13(15)4/h5-8,10,12-13,15H,9,11H2,1-4H3,(H2,17,18)/b8-5-,14-6+. The summed E-state index contributed by atoms with van der Waals surface area (Å²) in [6.07, 6.45) is 11.8. The van der Waals surface area contributed by atoms with Gasteiger partial charge in [0.1, 0.15) is 5.84 Å². The van der Waals surface area contributed by atoms with Crippen LogP contribution in [0.5, 0.6) is 0 Å². The lowest BCUT2D eigenvalue weighted by Gasteiger charge is -2.29. The molecule has 0 saturated heterocycles. The van der Waals surface area contributed by atoms with E-state index in [2.05, 4.69) is 43.1 Å². The highest BCUT2D eigenvalue weighted by Crippen LogP contribution is 2.29. The molecule has 3 unspecified atom stereocenters. The van der Waals surface area contributed by atoms with Gasteiger partial charge in [0.05, 0.1) is 6.54 Å². The van der Waals surface area contributed by atoms with Gasteiger partial charge in [-0.25, -0.2) is 0 Å². The van der Waals surface area contributed by atoms with Crippen molar-refractivity contribution in [1.29, 1.82) is 0 Å². The first-order valence-electron chi connectivity index (χ1n) is 6.84. The fourth-order valence-electron chi connectivity index (χ4n) is 2.29. The number of allylic oxidation sites excluding steroid dienone is 3. The molecule has 18 heavy (non-hydrogen) atoms. The number of hydrogen-bond donors (Lipinski definition) is 1. The van der Waals surface area contributed by atoms with E-state index in [9.17, 15) is 0 Å². The summed E-state index contributed by atoms with van der Waals surface area (Å²) in [5, 5.41) is 0. The third-order valence-electron chi connectivity index (χ3n) is 3.85. The van der Waals surface area contributed by atoms with E-state index in [4.69, 9.17) is 5.73 Å². The summed E-state index contributed by atoms with van der Waals surface area (Å²) in [5.41, 5.74) is 7.36. The van der Waals surface area contributed by atoms with Crippen molar-refractivity contribution in [2.75, 3.05) is 6.54 Å². The molecule has 0 bridgehead atoms. The zero-order chi connectivity index (χ0) is 13.5. The Kier molecular flexibility index (Phi) is 5.90. The molecule has 2 heteroatoms. The van der Waals surface area contributed by atoms with Crippen LogP contribution in [0, 0.1) is 17.8 Å².